The Bertz CT molecular complexity index is 1280. The van der Waals surface area contributed by atoms with E-state index in [-0.39, 0.29) is 11.3 Å². The van der Waals surface area contributed by atoms with E-state index in [0.29, 0.717) is 22.8 Å². The van der Waals surface area contributed by atoms with Crippen molar-refractivity contribution in [1.82, 2.24) is 0 Å². The number of ether oxygens (including phenoxy) is 1. The van der Waals surface area contributed by atoms with E-state index in [9.17, 15) is 14.7 Å². The molecule has 1 amide bonds. The molecule has 2 aromatic carbocycles. The largest absolute Gasteiger partial charge is 0.503 e. The highest BCUT2D eigenvalue weighted by Crippen LogP contribution is 2.42. The third-order valence-electron chi connectivity index (χ3n) is 5.27. The van der Waals surface area contributed by atoms with Gasteiger partial charge in [0.25, 0.3) is 5.91 Å². The minimum atomic E-state index is -0.948. The van der Waals surface area contributed by atoms with Crippen LogP contribution < -0.4 is 9.64 Å². The van der Waals surface area contributed by atoms with E-state index in [0.717, 1.165) is 5.39 Å². The predicted octanol–water partition coefficient (Wildman–Crippen LogP) is 4.82. The maximum atomic E-state index is 13.4. The van der Waals surface area contributed by atoms with Crippen molar-refractivity contribution >= 4 is 28.3 Å². The van der Waals surface area contributed by atoms with Crippen molar-refractivity contribution in [3.05, 3.63) is 95.8 Å². The Morgan fingerprint density at radius 3 is 2.52 bits per heavy atom. The number of para-hydroxylation sites is 1. The molecule has 5 rings (SSSR count). The summed E-state index contributed by atoms with van der Waals surface area (Å²) in [6, 6.07) is 17.9. The van der Waals surface area contributed by atoms with Gasteiger partial charge in [-0.1, -0.05) is 18.2 Å². The van der Waals surface area contributed by atoms with Gasteiger partial charge in [-0.25, -0.2) is 0 Å². The number of aliphatic hydroxyl groups excluding tert-OH is 1. The van der Waals surface area contributed by atoms with Gasteiger partial charge in [0.1, 0.15) is 23.1 Å². The summed E-state index contributed by atoms with van der Waals surface area (Å²) >= 11 is 0. The van der Waals surface area contributed by atoms with Gasteiger partial charge in [-0.3, -0.25) is 14.5 Å². The first-order valence-corrected chi connectivity index (χ1v) is 9.56. The molecule has 0 saturated carbocycles. The van der Waals surface area contributed by atoms with Crippen LogP contribution in [0.3, 0.4) is 0 Å². The van der Waals surface area contributed by atoms with Gasteiger partial charge in [-0.05, 0) is 48.5 Å². The Balaban J connectivity index is 1.62. The third-order valence-corrected chi connectivity index (χ3v) is 5.27. The monoisotopic (exact) mass is 415 g/mol. The summed E-state index contributed by atoms with van der Waals surface area (Å²) in [7, 11) is 1.54. The fraction of sp³-hybridized carbons (Fsp3) is 0.0833. The van der Waals surface area contributed by atoms with Crippen molar-refractivity contribution in [3.63, 3.8) is 0 Å². The SMILES string of the molecule is COc1ccc(N2C(=O)C(O)=C(C(=O)c3cc4ccccc4o3)C2c2ccco2)cc1. The minimum Gasteiger partial charge on any atom is -0.503 e. The summed E-state index contributed by atoms with van der Waals surface area (Å²) in [5.41, 5.74) is 0.915. The molecule has 7 nitrogen and oxygen atoms in total. The number of amides is 1. The first kappa shape index (κ1) is 18.7. The van der Waals surface area contributed by atoms with E-state index in [2.05, 4.69) is 0 Å². The smallest absolute Gasteiger partial charge is 0.294 e. The van der Waals surface area contributed by atoms with Crippen LogP contribution in [-0.2, 0) is 4.79 Å². The number of carbonyl (C=O) groups excluding carboxylic acids is 2. The van der Waals surface area contributed by atoms with Crippen LogP contribution in [0.5, 0.6) is 5.75 Å². The highest BCUT2D eigenvalue weighted by Gasteiger charge is 2.46. The van der Waals surface area contributed by atoms with Crippen LogP contribution in [0.15, 0.2) is 93.2 Å². The van der Waals surface area contributed by atoms with Gasteiger partial charge < -0.3 is 18.7 Å². The average Bonchev–Trinajstić information content (AvgIpc) is 3.52. The normalized spacial score (nSPS) is 16.4. The molecule has 0 saturated heterocycles. The maximum Gasteiger partial charge on any atom is 0.294 e. The molecule has 2 aromatic heterocycles. The molecule has 1 aliphatic heterocycles. The number of hydrogen-bond acceptors (Lipinski definition) is 6. The van der Waals surface area contributed by atoms with Crippen LogP contribution in [-0.4, -0.2) is 23.9 Å². The molecule has 1 N–H and O–H groups in total. The summed E-state index contributed by atoms with van der Waals surface area (Å²) in [6.45, 7) is 0. The lowest BCUT2D eigenvalue weighted by atomic mass is 9.99. The summed E-state index contributed by atoms with van der Waals surface area (Å²) in [5, 5.41) is 11.5. The number of methoxy groups -OCH3 is 1. The Morgan fingerprint density at radius 1 is 1.06 bits per heavy atom. The number of aliphatic hydroxyl groups is 1. The lowest BCUT2D eigenvalue weighted by molar-refractivity contribution is -0.117. The van der Waals surface area contributed by atoms with Crippen LogP contribution >= 0.6 is 0 Å². The number of ketones is 1. The summed E-state index contributed by atoms with van der Waals surface area (Å²) in [4.78, 5) is 27.8. The van der Waals surface area contributed by atoms with Gasteiger partial charge in [0.2, 0.25) is 5.78 Å². The molecule has 0 radical (unpaired) electrons. The molecule has 0 fully saturated rings. The maximum absolute atomic E-state index is 13.4. The number of rotatable bonds is 5. The van der Waals surface area contributed by atoms with Crippen molar-refractivity contribution in [2.24, 2.45) is 0 Å². The molecular formula is C24H17NO6. The zero-order valence-electron chi connectivity index (χ0n) is 16.4. The number of furan rings is 2. The Morgan fingerprint density at radius 2 is 1.84 bits per heavy atom. The molecular weight excluding hydrogens is 398 g/mol. The molecule has 1 unspecified atom stereocenters. The molecule has 1 atom stereocenters. The van der Waals surface area contributed by atoms with Crippen molar-refractivity contribution in [1.29, 1.82) is 0 Å². The molecule has 0 spiro atoms. The number of nitrogens with zero attached hydrogens (tertiary/aromatic N) is 1. The Labute approximate surface area is 176 Å². The van der Waals surface area contributed by atoms with Gasteiger partial charge >= 0.3 is 0 Å². The fourth-order valence-electron chi connectivity index (χ4n) is 3.79. The zero-order chi connectivity index (χ0) is 21.5. The number of anilines is 1. The van der Waals surface area contributed by atoms with Gasteiger partial charge in [0, 0.05) is 11.1 Å². The van der Waals surface area contributed by atoms with Crippen molar-refractivity contribution < 1.29 is 28.3 Å². The number of hydrogen-bond donors (Lipinski definition) is 1. The molecule has 1 aliphatic rings. The molecule has 31 heavy (non-hydrogen) atoms. The molecule has 7 heteroatoms. The Hall–Kier alpha value is -4.26. The highest BCUT2D eigenvalue weighted by molar-refractivity contribution is 6.20. The number of Topliss-reactive ketones (excluding diaryl/α,β-unsaturated/α-hetero) is 1. The lowest BCUT2D eigenvalue weighted by Crippen LogP contribution is -2.30. The molecule has 4 aromatic rings. The quantitative estimate of drug-likeness (QED) is 0.470. The fourth-order valence-corrected chi connectivity index (χ4v) is 3.79. The molecule has 0 bridgehead atoms. The minimum absolute atomic E-state index is 0.0312. The number of benzene rings is 2. The third kappa shape index (κ3) is 2.98. The topological polar surface area (TPSA) is 93.1 Å². The first-order valence-electron chi connectivity index (χ1n) is 9.56. The first-order chi connectivity index (χ1) is 15.1. The number of carbonyl (C=O) groups is 2. The van der Waals surface area contributed by atoms with Gasteiger partial charge in [0.15, 0.2) is 11.5 Å². The van der Waals surface area contributed by atoms with Gasteiger partial charge in [-0.15, -0.1) is 0 Å². The van der Waals surface area contributed by atoms with E-state index >= 15 is 0 Å². The van der Waals surface area contributed by atoms with Gasteiger partial charge in [-0.2, -0.15) is 0 Å². The summed E-state index contributed by atoms with van der Waals surface area (Å²) in [6.07, 6.45) is 1.45. The molecule has 3 heterocycles. The molecule has 154 valence electrons. The van der Waals surface area contributed by atoms with Crippen LogP contribution in [0, 0.1) is 0 Å². The van der Waals surface area contributed by atoms with E-state index in [1.54, 1.807) is 61.7 Å². The standard InChI is InChI=1S/C24H17NO6/c1-29-16-10-8-15(9-11-16)25-21(18-7-4-12-30-18)20(23(27)24(25)28)22(26)19-13-14-5-2-3-6-17(14)31-19/h2-13,21,27H,1H3. The second-order valence-corrected chi connectivity index (χ2v) is 7.03. The second-order valence-electron chi connectivity index (χ2n) is 7.03. The van der Waals surface area contributed by atoms with E-state index in [1.807, 2.05) is 12.1 Å². The second kappa shape index (κ2) is 7.21. The average molecular weight is 415 g/mol. The van der Waals surface area contributed by atoms with Crippen molar-refractivity contribution in [2.45, 2.75) is 6.04 Å². The van der Waals surface area contributed by atoms with Crippen LogP contribution in [0.2, 0.25) is 0 Å². The summed E-state index contributed by atoms with van der Waals surface area (Å²) in [5.74, 6) is -0.940. The van der Waals surface area contributed by atoms with Crippen LogP contribution in [0.25, 0.3) is 11.0 Å². The molecule has 0 aliphatic carbocycles. The Kier molecular flexibility index (Phi) is 4.36. The van der Waals surface area contributed by atoms with E-state index < -0.39 is 23.5 Å². The lowest BCUT2D eigenvalue weighted by Gasteiger charge is -2.24. The van der Waals surface area contributed by atoms with Gasteiger partial charge in [0.05, 0.1) is 18.9 Å². The van der Waals surface area contributed by atoms with Crippen LogP contribution in [0.4, 0.5) is 5.69 Å². The zero-order valence-corrected chi connectivity index (χ0v) is 16.4. The van der Waals surface area contributed by atoms with E-state index in [1.165, 1.54) is 11.2 Å². The highest BCUT2D eigenvalue weighted by atomic mass is 16.5. The summed E-state index contributed by atoms with van der Waals surface area (Å²) < 4.78 is 16.4. The van der Waals surface area contributed by atoms with Crippen molar-refractivity contribution in [2.75, 3.05) is 12.0 Å². The number of fused-ring (bicyclic) bond motifs is 1. The van der Waals surface area contributed by atoms with Crippen LogP contribution in [0.1, 0.15) is 22.4 Å². The predicted molar refractivity (Wildman–Crippen MR) is 112 cm³/mol. The van der Waals surface area contributed by atoms with Crippen molar-refractivity contribution in [3.8, 4) is 5.75 Å². The van der Waals surface area contributed by atoms with E-state index in [4.69, 9.17) is 13.6 Å².